The Kier molecular flexibility index (Phi) is 4.10. The zero-order valence-electron chi connectivity index (χ0n) is 11.5. The maximum absolute atomic E-state index is 10.8. The van der Waals surface area contributed by atoms with Crippen molar-refractivity contribution in [1.29, 1.82) is 0 Å². The zero-order chi connectivity index (χ0) is 13.4. The quantitative estimate of drug-likeness (QED) is 0.808. The number of thiophene rings is 1. The molecule has 102 valence electrons. The van der Waals surface area contributed by atoms with Crippen LogP contribution in [0.15, 0.2) is 12.1 Å². The first-order valence-electron chi connectivity index (χ1n) is 6.85. The molecule has 1 aromatic rings. The third-order valence-electron chi connectivity index (χ3n) is 4.86. The van der Waals surface area contributed by atoms with E-state index in [1.54, 1.807) is 0 Å². The molecule has 0 spiro atoms. The van der Waals surface area contributed by atoms with Gasteiger partial charge in [-0.1, -0.05) is 38.8 Å². The van der Waals surface area contributed by atoms with Gasteiger partial charge in [0.2, 0.25) is 0 Å². The van der Waals surface area contributed by atoms with Crippen molar-refractivity contribution in [3.8, 4) is 0 Å². The van der Waals surface area contributed by atoms with Gasteiger partial charge in [-0.25, -0.2) is 0 Å². The van der Waals surface area contributed by atoms with Gasteiger partial charge in [-0.05, 0) is 49.1 Å². The van der Waals surface area contributed by atoms with Gasteiger partial charge in [0.25, 0.3) is 0 Å². The topological polar surface area (TPSA) is 20.2 Å². The Morgan fingerprint density at radius 1 is 1.39 bits per heavy atom. The minimum Gasteiger partial charge on any atom is -0.384 e. The predicted octanol–water partition coefficient (Wildman–Crippen LogP) is 5.22. The Hall–Kier alpha value is -0.0500. The van der Waals surface area contributed by atoms with Crippen LogP contribution in [-0.2, 0) is 5.60 Å². The van der Waals surface area contributed by atoms with E-state index >= 15 is 0 Å². The Morgan fingerprint density at radius 3 is 2.44 bits per heavy atom. The lowest BCUT2D eigenvalue weighted by atomic mass is 9.66. The van der Waals surface area contributed by atoms with Crippen LogP contribution in [0.2, 0.25) is 4.34 Å². The standard InChI is InChI=1S/C15H23ClOS/c1-4-14(2,3)11-7-9-15(17,10-8-11)12-5-6-13(16)18-12/h5-6,11,17H,4,7-10H2,1-3H3. The highest BCUT2D eigenvalue weighted by Gasteiger charge is 2.40. The zero-order valence-corrected chi connectivity index (χ0v) is 13.1. The molecule has 1 aromatic heterocycles. The molecule has 0 unspecified atom stereocenters. The van der Waals surface area contributed by atoms with E-state index in [0.29, 0.717) is 5.41 Å². The molecule has 3 heteroatoms. The van der Waals surface area contributed by atoms with Crippen LogP contribution in [0, 0.1) is 11.3 Å². The van der Waals surface area contributed by atoms with Crippen molar-refractivity contribution in [3.05, 3.63) is 21.3 Å². The molecule has 1 N–H and O–H groups in total. The minimum absolute atomic E-state index is 0.397. The van der Waals surface area contributed by atoms with Crippen LogP contribution in [0.25, 0.3) is 0 Å². The number of aliphatic hydroxyl groups is 1. The molecule has 0 saturated heterocycles. The summed E-state index contributed by atoms with van der Waals surface area (Å²) in [5.41, 5.74) is -0.230. The molecule has 2 rings (SSSR count). The van der Waals surface area contributed by atoms with Crippen molar-refractivity contribution >= 4 is 22.9 Å². The highest BCUT2D eigenvalue weighted by atomic mass is 35.5. The van der Waals surface area contributed by atoms with Crippen molar-refractivity contribution in [3.63, 3.8) is 0 Å². The van der Waals surface area contributed by atoms with Gasteiger partial charge in [-0.3, -0.25) is 0 Å². The van der Waals surface area contributed by atoms with Crippen molar-refractivity contribution in [1.82, 2.24) is 0 Å². The summed E-state index contributed by atoms with van der Waals surface area (Å²) in [6, 6.07) is 3.87. The maximum atomic E-state index is 10.8. The molecule has 0 aromatic carbocycles. The predicted molar refractivity (Wildman–Crippen MR) is 79.3 cm³/mol. The number of hydrogen-bond acceptors (Lipinski definition) is 2. The van der Waals surface area contributed by atoms with Crippen LogP contribution in [0.4, 0.5) is 0 Å². The van der Waals surface area contributed by atoms with Crippen LogP contribution < -0.4 is 0 Å². The summed E-state index contributed by atoms with van der Waals surface area (Å²) < 4.78 is 0.773. The molecule has 1 fully saturated rings. The molecule has 1 aliphatic carbocycles. The number of rotatable bonds is 3. The molecule has 0 bridgehead atoms. The SMILES string of the molecule is CCC(C)(C)C1CCC(O)(c2ccc(Cl)s2)CC1. The summed E-state index contributed by atoms with van der Waals surface area (Å²) in [6.45, 7) is 6.97. The van der Waals surface area contributed by atoms with E-state index in [4.69, 9.17) is 11.6 Å². The summed E-state index contributed by atoms with van der Waals surface area (Å²) in [6.07, 6.45) is 5.19. The summed E-state index contributed by atoms with van der Waals surface area (Å²) in [5.74, 6) is 0.734. The second-order valence-electron chi connectivity index (χ2n) is 6.25. The first-order chi connectivity index (χ1) is 8.37. The molecule has 18 heavy (non-hydrogen) atoms. The molecule has 1 heterocycles. The molecule has 0 aliphatic heterocycles. The van der Waals surface area contributed by atoms with Crippen molar-refractivity contribution in [2.45, 2.75) is 58.5 Å². The van der Waals surface area contributed by atoms with Crippen molar-refractivity contribution in [2.24, 2.45) is 11.3 Å². The number of hydrogen-bond donors (Lipinski definition) is 1. The molecule has 0 atom stereocenters. The van der Waals surface area contributed by atoms with E-state index in [9.17, 15) is 5.11 Å². The fourth-order valence-corrected chi connectivity index (χ4v) is 4.17. The third kappa shape index (κ3) is 2.76. The summed E-state index contributed by atoms with van der Waals surface area (Å²) in [7, 11) is 0. The average molecular weight is 287 g/mol. The van der Waals surface area contributed by atoms with Crippen LogP contribution in [0.3, 0.4) is 0 Å². The first-order valence-corrected chi connectivity index (χ1v) is 8.05. The van der Waals surface area contributed by atoms with E-state index < -0.39 is 5.60 Å². The van der Waals surface area contributed by atoms with Crippen LogP contribution in [0.1, 0.15) is 57.8 Å². The molecule has 1 aliphatic rings. The van der Waals surface area contributed by atoms with E-state index in [0.717, 1.165) is 40.8 Å². The number of halogens is 1. The van der Waals surface area contributed by atoms with E-state index in [1.165, 1.54) is 17.8 Å². The third-order valence-corrected chi connectivity index (χ3v) is 6.29. The first kappa shape index (κ1) is 14.4. The normalized spacial score (nSPS) is 29.5. The molecule has 0 radical (unpaired) electrons. The van der Waals surface area contributed by atoms with Gasteiger partial charge in [0.1, 0.15) is 0 Å². The van der Waals surface area contributed by atoms with Crippen LogP contribution in [0.5, 0.6) is 0 Å². The highest BCUT2D eigenvalue weighted by Crippen LogP contribution is 2.48. The largest absolute Gasteiger partial charge is 0.384 e. The smallest absolute Gasteiger partial charge is 0.0988 e. The van der Waals surface area contributed by atoms with Crippen LogP contribution in [-0.4, -0.2) is 5.11 Å². The van der Waals surface area contributed by atoms with Crippen molar-refractivity contribution in [2.75, 3.05) is 0 Å². The second kappa shape index (κ2) is 5.15. The van der Waals surface area contributed by atoms with E-state index in [2.05, 4.69) is 20.8 Å². The van der Waals surface area contributed by atoms with E-state index in [1.807, 2.05) is 12.1 Å². The Morgan fingerprint density at radius 2 is 2.00 bits per heavy atom. The van der Waals surface area contributed by atoms with Gasteiger partial charge in [-0.15, -0.1) is 11.3 Å². The van der Waals surface area contributed by atoms with Gasteiger partial charge in [0.15, 0.2) is 0 Å². The van der Waals surface area contributed by atoms with Crippen molar-refractivity contribution < 1.29 is 5.11 Å². The highest BCUT2D eigenvalue weighted by molar-refractivity contribution is 7.16. The monoisotopic (exact) mass is 286 g/mol. The Balaban J connectivity index is 2.06. The summed E-state index contributed by atoms with van der Waals surface area (Å²) in [4.78, 5) is 1.04. The Bertz CT molecular complexity index is 402. The van der Waals surface area contributed by atoms with Gasteiger partial charge in [0, 0.05) is 4.88 Å². The molecule has 0 amide bonds. The van der Waals surface area contributed by atoms with Gasteiger partial charge >= 0.3 is 0 Å². The molecule has 1 nitrogen and oxygen atoms in total. The maximum Gasteiger partial charge on any atom is 0.0988 e. The Labute approximate surface area is 119 Å². The molecule has 1 saturated carbocycles. The lowest BCUT2D eigenvalue weighted by molar-refractivity contribution is -0.0300. The van der Waals surface area contributed by atoms with Gasteiger partial charge in [-0.2, -0.15) is 0 Å². The summed E-state index contributed by atoms with van der Waals surface area (Å²) in [5, 5.41) is 10.8. The fraction of sp³-hybridized carbons (Fsp3) is 0.733. The van der Waals surface area contributed by atoms with Gasteiger partial charge < -0.3 is 5.11 Å². The average Bonchev–Trinajstić information content (AvgIpc) is 2.77. The minimum atomic E-state index is -0.627. The lowest BCUT2D eigenvalue weighted by Crippen LogP contribution is -2.35. The van der Waals surface area contributed by atoms with Crippen LogP contribution >= 0.6 is 22.9 Å². The second-order valence-corrected chi connectivity index (χ2v) is 7.97. The molecular formula is C15H23ClOS. The van der Waals surface area contributed by atoms with Gasteiger partial charge in [0.05, 0.1) is 9.94 Å². The lowest BCUT2D eigenvalue weighted by Gasteiger charge is -2.42. The van der Waals surface area contributed by atoms with E-state index in [-0.39, 0.29) is 0 Å². The fourth-order valence-electron chi connectivity index (χ4n) is 2.98. The molecular weight excluding hydrogens is 264 g/mol. The summed E-state index contributed by atoms with van der Waals surface area (Å²) >= 11 is 7.50.